The predicted molar refractivity (Wildman–Crippen MR) is 260 cm³/mol. The molecule has 342 valence electrons. The normalized spacial score (nSPS) is 13.1. The van der Waals surface area contributed by atoms with Crippen LogP contribution in [0.5, 0.6) is 0 Å². The van der Waals surface area contributed by atoms with Gasteiger partial charge in [-0.25, -0.2) is 0 Å². The van der Waals surface area contributed by atoms with Crippen LogP contribution in [0.3, 0.4) is 0 Å². The van der Waals surface area contributed by atoms with E-state index in [2.05, 4.69) is 118 Å². The van der Waals surface area contributed by atoms with Gasteiger partial charge in [-0.3, -0.25) is 9.59 Å². The third-order valence-electron chi connectivity index (χ3n) is 10.1. The largest absolute Gasteiger partial charge is 0.462 e. The number of hydrogen-bond acceptors (Lipinski definition) is 5. The second-order valence-corrected chi connectivity index (χ2v) is 16.0. The van der Waals surface area contributed by atoms with E-state index < -0.39 is 6.10 Å². The molecule has 0 aromatic heterocycles. The topological polar surface area (TPSA) is 61.8 Å². The number of hydrogen-bond donors (Lipinski definition) is 0. The quantitative estimate of drug-likeness (QED) is 0.0348. The molecule has 0 fully saturated rings. The molecule has 0 aromatic rings. The van der Waals surface area contributed by atoms with Gasteiger partial charge in [0.15, 0.2) is 6.10 Å². The molecule has 0 saturated heterocycles. The SMILES string of the molecule is CC/C=C\C/C=C\C/C=C\C/C=C\C/C=C\CCCCCCOCC(COC(=O)CCCCC/C=C\C/C=C\C/C=C\CC)OC(=O)CCCCCCCCCCCCC. The molecule has 5 heteroatoms. The Balaban J connectivity index is 4.33. The fraction of sp³-hybridized carbons (Fsp3) is 0.673. The number of unbranched alkanes of at least 4 members (excludes halogenated alkanes) is 17. The first kappa shape index (κ1) is 56.8. The maximum atomic E-state index is 12.7. The highest BCUT2D eigenvalue weighted by molar-refractivity contribution is 5.70. The smallest absolute Gasteiger partial charge is 0.306 e. The monoisotopic (exact) mass is 833 g/mol. The minimum atomic E-state index is -0.564. The lowest BCUT2D eigenvalue weighted by Crippen LogP contribution is -2.30. The summed E-state index contributed by atoms with van der Waals surface area (Å²) in [4.78, 5) is 25.3. The first-order valence-corrected chi connectivity index (χ1v) is 24.8. The minimum absolute atomic E-state index is 0.0561. The third kappa shape index (κ3) is 47.5. The minimum Gasteiger partial charge on any atom is -0.462 e. The third-order valence-corrected chi connectivity index (χ3v) is 10.1. The van der Waals surface area contributed by atoms with Gasteiger partial charge in [0.2, 0.25) is 0 Å². The molecule has 0 radical (unpaired) electrons. The molecule has 1 unspecified atom stereocenters. The highest BCUT2D eigenvalue weighted by atomic mass is 16.6. The van der Waals surface area contributed by atoms with Crippen LogP contribution in [0.1, 0.15) is 213 Å². The van der Waals surface area contributed by atoms with Crippen molar-refractivity contribution in [1.29, 1.82) is 0 Å². The average molecular weight is 833 g/mol. The van der Waals surface area contributed by atoms with E-state index in [1.54, 1.807) is 0 Å². The molecule has 0 aliphatic rings. The average Bonchev–Trinajstić information content (AvgIpc) is 3.25. The van der Waals surface area contributed by atoms with E-state index in [4.69, 9.17) is 14.2 Å². The summed E-state index contributed by atoms with van der Waals surface area (Å²) in [5.74, 6) is -0.450. The second kappa shape index (κ2) is 50.2. The number of ether oxygens (including phenoxy) is 3. The van der Waals surface area contributed by atoms with Crippen LogP contribution in [-0.2, 0) is 23.8 Å². The van der Waals surface area contributed by atoms with Crippen LogP contribution >= 0.6 is 0 Å². The zero-order valence-corrected chi connectivity index (χ0v) is 39.2. The Hall–Kier alpha value is -3.18. The lowest BCUT2D eigenvalue weighted by molar-refractivity contribution is -0.163. The molecule has 0 aliphatic heterocycles. The predicted octanol–water partition coefficient (Wildman–Crippen LogP) is 16.7. The van der Waals surface area contributed by atoms with E-state index in [-0.39, 0.29) is 25.2 Å². The Morgan fingerprint density at radius 2 is 0.750 bits per heavy atom. The van der Waals surface area contributed by atoms with Gasteiger partial charge in [-0.2, -0.15) is 0 Å². The van der Waals surface area contributed by atoms with E-state index in [0.29, 0.717) is 19.4 Å². The number of carbonyl (C=O) groups excluding carboxylic acids is 2. The maximum absolute atomic E-state index is 12.7. The number of carbonyl (C=O) groups is 2. The van der Waals surface area contributed by atoms with Gasteiger partial charge in [-0.15, -0.1) is 0 Å². The van der Waals surface area contributed by atoms with Crippen LogP contribution in [-0.4, -0.2) is 37.9 Å². The van der Waals surface area contributed by atoms with Gasteiger partial charge in [0.05, 0.1) is 6.61 Å². The Morgan fingerprint density at radius 1 is 0.383 bits per heavy atom. The first-order chi connectivity index (χ1) is 29.6. The first-order valence-electron chi connectivity index (χ1n) is 24.8. The molecule has 60 heavy (non-hydrogen) atoms. The second-order valence-electron chi connectivity index (χ2n) is 16.0. The molecular weight excluding hydrogens is 741 g/mol. The molecule has 0 bridgehead atoms. The summed E-state index contributed by atoms with van der Waals surface area (Å²) in [5.41, 5.74) is 0. The number of allylic oxidation sites excluding steroid dienone is 16. The molecule has 5 nitrogen and oxygen atoms in total. The summed E-state index contributed by atoms with van der Waals surface area (Å²) in [6, 6.07) is 0. The molecule has 0 N–H and O–H groups in total. The van der Waals surface area contributed by atoms with Gasteiger partial charge < -0.3 is 14.2 Å². The summed E-state index contributed by atoms with van der Waals surface area (Å²) in [7, 11) is 0. The van der Waals surface area contributed by atoms with Crippen LogP contribution in [0, 0.1) is 0 Å². The fourth-order valence-corrected chi connectivity index (χ4v) is 6.49. The van der Waals surface area contributed by atoms with Crippen molar-refractivity contribution in [3.05, 3.63) is 97.2 Å². The van der Waals surface area contributed by atoms with E-state index >= 15 is 0 Å². The van der Waals surface area contributed by atoms with Gasteiger partial charge in [0.25, 0.3) is 0 Å². The van der Waals surface area contributed by atoms with Gasteiger partial charge >= 0.3 is 11.9 Å². The van der Waals surface area contributed by atoms with Crippen LogP contribution in [0.15, 0.2) is 97.2 Å². The van der Waals surface area contributed by atoms with E-state index in [1.165, 1.54) is 64.2 Å². The summed E-state index contributed by atoms with van der Waals surface area (Å²) in [6.45, 7) is 7.50. The van der Waals surface area contributed by atoms with E-state index in [9.17, 15) is 9.59 Å². The molecule has 0 saturated carbocycles. The van der Waals surface area contributed by atoms with Crippen LogP contribution in [0.4, 0.5) is 0 Å². The highest BCUT2D eigenvalue weighted by Gasteiger charge is 2.17. The van der Waals surface area contributed by atoms with Crippen molar-refractivity contribution in [3.8, 4) is 0 Å². The zero-order chi connectivity index (χ0) is 43.5. The molecule has 1 atom stereocenters. The summed E-state index contributed by atoms with van der Waals surface area (Å²) in [5, 5.41) is 0. The zero-order valence-electron chi connectivity index (χ0n) is 39.2. The van der Waals surface area contributed by atoms with Crippen molar-refractivity contribution in [2.45, 2.75) is 219 Å². The summed E-state index contributed by atoms with van der Waals surface area (Å²) in [6.07, 6.45) is 67.0. The van der Waals surface area contributed by atoms with Crippen LogP contribution < -0.4 is 0 Å². The van der Waals surface area contributed by atoms with Crippen LogP contribution in [0.2, 0.25) is 0 Å². The van der Waals surface area contributed by atoms with Crippen LogP contribution in [0.25, 0.3) is 0 Å². The molecule has 0 aromatic carbocycles. The Morgan fingerprint density at radius 3 is 1.22 bits per heavy atom. The van der Waals surface area contributed by atoms with Crippen molar-refractivity contribution in [2.24, 2.45) is 0 Å². The van der Waals surface area contributed by atoms with E-state index in [1.807, 2.05) is 0 Å². The van der Waals surface area contributed by atoms with Gasteiger partial charge in [-0.05, 0) is 96.3 Å². The van der Waals surface area contributed by atoms with Crippen molar-refractivity contribution < 1.29 is 23.8 Å². The fourth-order valence-electron chi connectivity index (χ4n) is 6.49. The van der Waals surface area contributed by atoms with Crippen molar-refractivity contribution in [3.63, 3.8) is 0 Å². The van der Waals surface area contributed by atoms with Crippen molar-refractivity contribution >= 4 is 11.9 Å². The van der Waals surface area contributed by atoms with Gasteiger partial charge in [-0.1, -0.05) is 201 Å². The Bertz CT molecular complexity index is 1170. The molecule has 0 heterocycles. The standard InChI is InChI=1S/C55H92O5/c1-4-7-10-13-16-19-22-24-25-26-27-28-29-30-32-35-38-41-44-47-50-58-51-53(60-55(57)49-46-43-40-37-33-21-18-15-12-9-6-3)52-59-54(56)48-45-42-39-36-34-31-23-20-17-14-11-8-5-2/h7-8,10-11,16-17,19-20,24-25,27-28,30-32,34,53H,4-6,9,12-15,18,21-23,26,29,33,35-52H2,1-3H3/b10-7-,11-8-,19-16-,20-17-,25-24-,28-27-,32-30-,34-31-. The number of esters is 2. The molecular formula is C55H92O5. The molecule has 0 amide bonds. The summed E-state index contributed by atoms with van der Waals surface area (Å²) < 4.78 is 17.3. The highest BCUT2D eigenvalue weighted by Crippen LogP contribution is 2.13. The molecule has 0 rings (SSSR count). The molecule has 0 spiro atoms. The van der Waals surface area contributed by atoms with Crippen molar-refractivity contribution in [1.82, 2.24) is 0 Å². The Kier molecular flexibility index (Phi) is 47.5. The van der Waals surface area contributed by atoms with E-state index in [0.717, 1.165) is 116 Å². The maximum Gasteiger partial charge on any atom is 0.306 e. The number of rotatable bonds is 44. The van der Waals surface area contributed by atoms with Crippen molar-refractivity contribution in [2.75, 3.05) is 19.8 Å². The lowest BCUT2D eigenvalue weighted by atomic mass is 10.1. The Labute approximate surface area is 371 Å². The summed E-state index contributed by atoms with van der Waals surface area (Å²) >= 11 is 0. The van der Waals surface area contributed by atoms with Gasteiger partial charge in [0.1, 0.15) is 6.61 Å². The van der Waals surface area contributed by atoms with Gasteiger partial charge in [0, 0.05) is 19.4 Å². The molecule has 0 aliphatic carbocycles. The lowest BCUT2D eigenvalue weighted by Gasteiger charge is -2.18.